The molecule has 2 aromatic rings. The second-order valence-electron chi connectivity index (χ2n) is 7.13. The van der Waals surface area contributed by atoms with Crippen molar-refractivity contribution in [2.75, 3.05) is 31.1 Å². The van der Waals surface area contributed by atoms with Gasteiger partial charge in [0.15, 0.2) is 0 Å². The Morgan fingerprint density at radius 3 is 2.64 bits per heavy atom. The third-order valence-corrected chi connectivity index (χ3v) is 6.59. The van der Waals surface area contributed by atoms with Crippen LogP contribution in [-0.2, 0) is 12.8 Å². The molecular weight excluding hydrogens is 396 g/mol. The highest BCUT2D eigenvalue weighted by molar-refractivity contribution is 9.10. The molecule has 0 bridgehead atoms. The maximum Gasteiger partial charge on any atom is 0.0413 e. The number of hydrogen-bond acceptors (Lipinski definition) is 2. The predicted molar refractivity (Wildman–Crippen MR) is 110 cm³/mol. The van der Waals surface area contributed by atoms with Gasteiger partial charge in [-0.3, -0.25) is 0 Å². The molecule has 0 saturated carbocycles. The van der Waals surface area contributed by atoms with Crippen LogP contribution >= 0.6 is 27.5 Å². The molecule has 0 spiro atoms. The molecule has 0 amide bonds. The molecule has 25 heavy (non-hydrogen) atoms. The maximum atomic E-state index is 6.09. The Bertz CT molecular complexity index is 740. The van der Waals surface area contributed by atoms with E-state index in [0.717, 1.165) is 18.0 Å². The van der Waals surface area contributed by atoms with Gasteiger partial charge in [-0.25, -0.2) is 0 Å². The Hall–Kier alpha value is -1.03. The summed E-state index contributed by atoms with van der Waals surface area (Å²) in [4.78, 5) is 5.25. The van der Waals surface area contributed by atoms with E-state index >= 15 is 0 Å². The lowest BCUT2D eigenvalue weighted by Crippen LogP contribution is -2.44. The number of nitrogens with zero attached hydrogens (tertiary/aromatic N) is 2. The molecule has 0 aliphatic carbocycles. The third kappa shape index (κ3) is 3.89. The number of fused-ring (bicyclic) bond motifs is 1. The van der Waals surface area contributed by atoms with Gasteiger partial charge < -0.3 is 9.80 Å². The second kappa shape index (κ2) is 7.69. The van der Waals surface area contributed by atoms with Gasteiger partial charge in [-0.2, -0.15) is 0 Å². The molecule has 2 aliphatic rings. The van der Waals surface area contributed by atoms with Crippen molar-refractivity contribution in [1.82, 2.24) is 4.90 Å². The van der Waals surface area contributed by atoms with Gasteiger partial charge in [0.25, 0.3) is 0 Å². The molecule has 4 heteroatoms. The molecule has 0 aromatic heterocycles. The van der Waals surface area contributed by atoms with E-state index in [4.69, 9.17) is 11.6 Å². The standard InChI is InChI=1S/C21H24BrClN2/c22-20-5-2-6-21-19(20)10-14-25(21)18-8-12-24(13-9-18)11-7-16-3-1-4-17(23)15-16/h1-6,15,18H,7-14H2. The van der Waals surface area contributed by atoms with Crippen LogP contribution in [0.3, 0.4) is 0 Å². The molecule has 0 atom stereocenters. The van der Waals surface area contributed by atoms with E-state index in [1.807, 2.05) is 12.1 Å². The van der Waals surface area contributed by atoms with Crippen molar-refractivity contribution in [3.8, 4) is 0 Å². The SMILES string of the molecule is Clc1cccc(CCN2CCC(N3CCc4c(Br)cccc43)CC2)c1. The molecular formula is C21H24BrClN2. The molecule has 132 valence electrons. The predicted octanol–water partition coefficient (Wildman–Crippen LogP) is 5.17. The van der Waals surface area contributed by atoms with Crippen LogP contribution in [0.25, 0.3) is 0 Å². The summed E-state index contributed by atoms with van der Waals surface area (Å²) in [5.74, 6) is 0. The smallest absolute Gasteiger partial charge is 0.0413 e. The molecule has 2 nitrogen and oxygen atoms in total. The zero-order valence-corrected chi connectivity index (χ0v) is 16.8. The maximum absolute atomic E-state index is 6.09. The number of benzene rings is 2. The summed E-state index contributed by atoms with van der Waals surface area (Å²) >= 11 is 9.80. The minimum Gasteiger partial charge on any atom is -0.368 e. The van der Waals surface area contributed by atoms with Crippen LogP contribution in [0.4, 0.5) is 5.69 Å². The third-order valence-electron chi connectivity index (χ3n) is 5.61. The van der Waals surface area contributed by atoms with Gasteiger partial charge >= 0.3 is 0 Å². The zero-order valence-electron chi connectivity index (χ0n) is 14.4. The topological polar surface area (TPSA) is 6.48 Å². The van der Waals surface area contributed by atoms with Crippen molar-refractivity contribution >= 4 is 33.2 Å². The van der Waals surface area contributed by atoms with Crippen molar-refractivity contribution in [1.29, 1.82) is 0 Å². The highest BCUT2D eigenvalue weighted by atomic mass is 79.9. The van der Waals surface area contributed by atoms with Crippen molar-refractivity contribution < 1.29 is 0 Å². The Morgan fingerprint density at radius 1 is 1.04 bits per heavy atom. The Kier molecular flexibility index (Phi) is 5.35. The largest absolute Gasteiger partial charge is 0.368 e. The summed E-state index contributed by atoms with van der Waals surface area (Å²) in [6.07, 6.45) is 4.79. The van der Waals surface area contributed by atoms with E-state index < -0.39 is 0 Å². The number of likely N-dealkylation sites (tertiary alicyclic amines) is 1. The van der Waals surface area contributed by atoms with E-state index in [1.54, 1.807) is 0 Å². The number of piperidine rings is 1. The highest BCUT2D eigenvalue weighted by Gasteiger charge is 2.29. The van der Waals surface area contributed by atoms with Crippen LogP contribution < -0.4 is 4.90 Å². The molecule has 0 N–H and O–H groups in total. The van der Waals surface area contributed by atoms with Gasteiger partial charge in [-0.15, -0.1) is 0 Å². The van der Waals surface area contributed by atoms with Gasteiger partial charge in [0, 0.05) is 47.4 Å². The van der Waals surface area contributed by atoms with Gasteiger partial charge in [-0.05, 0) is 61.1 Å². The quantitative estimate of drug-likeness (QED) is 0.674. The number of anilines is 1. The molecule has 2 aliphatic heterocycles. The average molecular weight is 420 g/mol. The van der Waals surface area contributed by atoms with Crippen molar-refractivity contribution in [3.05, 3.63) is 63.1 Å². The normalized spacial score (nSPS) is 18.6. The van der Waals surface area contributed by atoms with E-state index in [-0.39, 0.29) is 0 Å². The van der Waals surface area contributed by atoms with E-state index in [1.165, 1.54) is 60.2 Å². The van der Waals surface area contributed by atoms with Crippen LogP contribution in [-0.4, -0.2) is 37.1 Å². The van der Waals surface area contributed by atoms with Gasteiger partial charge in [0.05, 0.1) is 0 Å². The van der Waals surface area contributed by atoms with E-state index in [9.17, 15) is 0 Å². The first-order chi connectivity index (χ1) is 12.2. The van der Waals surface area contributed by atoms with Crippen molar-refractivity contribution in [2.45, 2.75) is 31.7 Å². The number of hydrogen-bond donors (Lipinski definition) is 0. The van der Waals surface area contributed by atoms with Crippen LogP contribution in [0.15, 0.2) is 46.9 Å². The fraction of sp³-hybridized carbons (Fsp3) is 0.429. The first-order valence-electron chi connectivity index (χ1n) is 9.21. The molecule has 1 fully saturated rings. The van der Waals surface area contributed by atoms with Gasteiger partial charge in [-0.1, -0.05) is 45.7 Å². The summed E-state index contributed by atoms with van der Waals surface area (Å²) in [5.41, 5.74) is 4.28. The molecule has 0 radical (unpaired) electrons. The summed E-state index contributed by atoms with van der Waals surface area (Å²) in [6.45, 7) is 4.70. The van der Waals surface area contributed by atoms with Crippen molar-refractivity contribution in [3.63, 3.8) is 0 Å². The fourth-order valence-electron chi connectivity index (χ4n) is 4.23. The van der Waals surface area contributed by atoms with Crippen LogP contribution in [0.1, 0.15) is 24.0 Å². The first-order valence-corrected chi connectivity index (χ1v) is 10.4. The second-order valence-corrected chi connectivity index (χ2v) is 8.42. The zero-order chi connectivity index (χ0) is 17.2. The molecule has 4 rings (SSSR count). The highest BCUT2D eigenvalue weighted by Crippen LogP contribution is 2.36. The Balaban J connectivity index is 1.31. The molecule has 2 heterocycles. The summed E-state index contributed by atoms with van der Waals surface area (Å²) < 4.78 is 1.27. The average Bonchev–Trinajstić information content (AvgIpc) is 3.06. The van der Waals surface area contributed by atoms with Gasteiger partial charge in [0.2, 0.25) is 0 Å². The lowest BCUT2D eigenvalue weighted by atomic mass is 10.0. The molecule has 0 unspecified atom stereocenters. The number of rotatable bonds is 4. The lowest BCUT2D eigenvalue weighted by molar-refractivity contribution is 0.212. The van der Waals surface area contributed by atoms with Crippen LogP contribution in [0.2, 0.25) is 5.02 Å². The fourth-order valence-corrected chi connectivity index (χ4v) is 5.00. The molecule has 2 aromatic carbocycles. The van der Waals surface area contributed by atoms with E-state index in [0.29, 0.717) is 6.04 Å². The van der Waals surface area contributed by atoms with Gasteiger partial charge in [0.1, 0.15) is 0 Å². The monoisotopic (exact) mass is 418 g/mol. The van der Waals surface area contributed by atoms with Crippen molar-refractivity contribution in [2.24, 2.45) is 0 Å². The van der Waals surface area contributed by atoms with E-state index in [2.05, 4.69) is 56.1 Å². The molecule has 1 saturated heterocycles. The minimum absolute atomic E-state index is 0.693. The minimum atomic E-state index is 0.693. The Morgan fingerprint density at radius 2 is 1.84 bits per heavy atom. The summed E-state index contributed by atoms with van der Waals surface area (Å²) in [7, 11) is 0. The van der Waals surface area contributed by atoms with Crippen LogP contribution in [0.5, 0.6) is 0 Å². The first kappa shape index (κ1) is 17.4. The lowest BCUT2D eigenvalue weighted by Gasteiger charge is -2.38. The number of halogens is 2. The Labute approximate surface area is 163 Å². The summed E-state index contributed by atoms with van der Waals surface area (Å²) in [6, 6.07) is 15.6. The summed E-state index contributed by atoms with van der Waals surface area (Å²) in [5, 5.41) is 0.843. The van der Waals surface area contributed by atoms with Crippen LogP contribution in [0, 0.1) is 0 Å².